The average Bonchev–Trinajstić information content (AvgIpc) is 2.97. The summed E-state index contributed by atoms with van der Waals surface area (Å²) in [5.41, 5.74) is 3.68. The third kappa shape index (κ3) is 3.38. The summed E-state index contributed by atoms with van der Waals surface area (Å²) in [6.45, 7) is 3.89. The predicted molar refractivity (Wildman–Crippen MR) is 96.4 cm³/mol. The predicted octanol–water partition coefficient (Wildman–Crippen LogP) is 4.05. The molecule has 0 unspecified atom stereocenters. The second kappa shape index (κ2) is 6.71. The number of ketones is 1. The number of nitrogens with zero attached hydrogens (tertiary/aromatic N) is 1. The number of Topliss-reactive ketones (excluding diaryl/α,β-unsaturated/α-hetero) is 1. The fourth-order valence-electron chi connectivity index (χ4n) is 2.80. The average molecular weight is 320 g/mol. The van der Waals surface area contributed by atoms with E-state index in [9.17, 15) is 9.59 Å². The van der Waals surface area contributed by atoms with E-state index in [1.807, 2.05) is 16.8 Å². The van der Waals surface area contributed by atoms with Crippen LogP contribution in [0, 0.1) is 0 Å². The lowest BCUT2D eigenvalue weighted by Crippen LogP contribution is -2.10. The van der Waals surface area contributed by atoms with Crippen LogP contribution in [-0.2, 0) is 17.8 Å². The largest absolute Gasteiger partial charge is 0.340 e. The van der Waals surface area contributed by atoms with E-state index in [2.05, 4.69) is 30.4 Å². The second-order valence-electron chi connectivity index (χ2n) is 5.87. The molecule has 0 aliphatic carbocycles. The van der Waals surface area contributed by atoms with Gasteiger partial charge in [0.05, 0.1) is 6.54 Å². The Bertz CT molecular complexity index is 892. The maximum absolute atomic E-state index is 12.5. The van der Waals surface area contributed by atoms with E-state index < -0.39 is 0 Å². The van der Waals surface area contributed by atoms with Gasteiger partial charge in [-0.15, -0.1) is 0 Å². The van der Waals surface area contributed by atoms with E-state index in [-0.39, 0.29) is 11.7 Å². The topological polar surface area (TPSA) is 51.1 Å². The van der Waals surface area contributed by atoms with Crippen LogP contribution < -0.4 is 5.32 Å². The molecule has 122 valence electrons. The first-order chi connectivity index (χ1) is 11.6. The van der Waals surface area contributed by atoms with Crippen molar-refractivity contribution in [3.8, 4) is 0 Å². The fraction of sp³-hybridized carbons (Fsp3) is 0.200. The summed E-state index contributed by atoms with van der Waals surface area (Å²) in [7, 11) is 0. The van der Waals surface area contributed by atoms with Crippen LogP contribution in [0.25, 0.3) is 10.9 Å². The Morgan fingerprint density at radius 1 is 1.04 bits per heavy atom. The molecule has 0 saturated carbocycles. The van der Waals surface area contributed by atoms with E-state index in [0.717, 1.165) is 17.3 Å². The first-order valence-corrected chi connectivity index (χ1v) is 8.05. The van der Waals surface area contributed by atoms with Gasteiger partial charge in [0.25, 0.3) is 0 Å². The van der Waals surface area contributed by atoms with E-state index >= 15 is 0 Å². The highest BCUT2D eigenvalue weighted by Gasteiger charge is 2.09. The number of anilines is 1. The highest BCUT2D eigenvalue weighted by Crippen LogP contribution is 2.19. The second-order valence-corrected chi connectivity index (χ2v) is 5.87. The van der Waals surface area contributed by atoms with E-state index in [1.54, 1.807) is 24.3 Å². The summed E-state index contributed by atoms with van der Waals surface area (Å²) in [6, 6.07) is 15.4. The van der Waals surface area contributed by atoms with Crippen LogP contribution in [0.3, 0.4) is 0 Å². The molecule has 1 N–H and O–H groups in total. The quantitative estimate of drug-likeness (QED) is 0.721. The highest BCUT2D eigenvalue weighted by molar-refractivity contribution is 5.97. The van der Waals surface area contributed by atoms with Crippen LogP contribution in [0.15, 0.2) is 54.7 Å². The van der Waals surface area contributed by atoms with E-state index in [1.165, 1.54) is 12.5 Å². The lowest BCUT2D eigenvalue weighted by Gasteiger charge is -2.07. The molecule has 0 bridgehead atoms. The van der Waals surface area contributed by atoms with Gasteiger partial charge in [-0.25, -0.2) is 0 Å². The number of nitrogens with one attached hydrogen (secondary N) is 1. The molecule has 0 aliphatic rings. The van der Waals surface area contributed by atoms with Gasteiger partial charge < -0.3 is 9.88 Å². The van der Waals surface area contributed by atoms with Gasteiger partial charge in [-0.05, 0) is 59.8 Å². The first-order valence-electron chi connectivity index (χ1n) is 8.05. The molecule has 1 heterocycles. The van der Waals surface area contributed by atoms with Crippen molar-refractivity contribution < 1.29 is 9.59 Å². The number of benzene rings is 2. The monoisotopic (exact) mass is 320 g/mol. The number of hydrogen-bond donors (Lipinski definition) is 1. The lowest BCUT2D eigenvalue weighted by molar-refractivity contribution is -0.114. The van der Waals surface area contributed by atoms with Gasteiger partial charge in [-0.1, -0.05) is 13.0 Å². The maximum atomic E-state index is 12.5. The number of aromatic nitrogens is 1. The van der Waals surface area contributed by atoms with Crippen molar-refractivity contribution in [3.05, 3.63) is 65.9 Å². The minimum Gasteiger partial charge on any atom is -0.340 e. The summed E-state index contributed by atoms with van der Waals surface area (Å²) in [4.78, 5) is 23.5. The molecule has 0 saturated heterocycles. The molecule has 2 aromatic carbocycles. The number of amides is 1. The van der Waals surface area contributed by atoms with Gasteiger partial charge in [-0.2, -0.15) is 0 Å². The molecule has 4 nitrogen and oxygen atoms in total. The van der Waals surface area contributed by atoms with Crippen molar-refractivity contribution in [2.45, 2.75) is 26.8 Å². The van der Waals surface area contributed by atoms with Crippen LogP contribution in [0.4, 0.5) is 5.69 Å². The summed E-state index contributed by atoms with van der Waals surface area (Å²) >= 11 is 0. The van der Waals surface area contributed by atoms with Gasteiger partial charge in [0, 0.05) is 29.9 Å². The van der Waals surface area contributed by atoms with Crippen molar-refractivity contribution in [1.82, 2.24) is 4.57 Å². The zero-order valence-electron chi connectivity index (χ0n) is 13.9. The van der Waals surface area contributed by atoms with Gasteiger partial charge in [-0.3, -0.25) is 9.59 Å². The molecule has 0 fully saturated rings. The maximum Gasteiger partial charge on any atom is 0.221 e. The summed E-state index contributed by atoms with van der Waals surface area (Å²) in [5.74, 6) is -0.0826. The van der Waals surface area contributed by atoms with Crippen LogP contribution >= 0.6 is 0 Å². The first kappa shape index (κ1) is 16.0. The van der Waals surface area contributed by atoms with Crippen LogP contribution in [-0.4, -0.2) is 16.3 Å². The molecule has 4 heteroatoms. The number of aryl methyl sites for hydroxylation is 1. The summed E-state index contributed by atoms with van der Waals surface area (Å²) in [6.07, 6.45) is 2.95. The van der Waals surface area contributed by atoms with Crippen molar-refractivity contribution in [2.24, 2.45) is 0 Å². The van der Waals surface area contributed by atoms with Crippen LogP contribution in [0.1, 0.15) is 29.8 Å². The lowest BCUT2D eigenvalue weighted by atomic mass is 10.1. The van der Waals surface area contributed by atoms with E-state index in [0.29, 0.717) is 17.8 Å². The van der Waals surface area contributed by atoms with E-state index in [4.69, 9.17) is 0 Å². The Morgan fingerprint density at radius 2 is 1.79 bits per heavy atom. The Hall–Kier alpha value is -2.88. The van der Waals surface area contributed by atoms with Gasteiger partial charge in [0.1, 0.15) is 0 Å². The number of carbonyl (C=O) groups is 2. The van der Waals surface area contributed by atoms with Crippen molar-refractivity contribution >= 4 is 28.3 Å². The Morgan fingerprint density at radius 3 is 2.46 bits per heavy atom. The molecule has 0 spiro atoms. The molecule has 0 radical (unpaired) electrons. The smallest absolute Gasteiger partial charge is 0.221 e. The Labute approximate surface area is 141 Å². The zero-order valence-corrected chi connectivity index (χ0v) is 13.9. The number of fused-ring (bicyclic) bond motifs is 1. The molecule has 1 amide bonds. The zero-order chi connectivity index (χ0) is 17.1. The molecular weight excluding hydrogens is 300 g/mol. The number of hydrogen-bond acceptors (Lipinski definition) is 2. The third-order valence-corrected chi connectivity index (χ3v) is 4.08. The Balaban J connectivity index is 1.78. The molecular formula is C20H20N2O2. The molecule has 24 heavy (non-hydrogen) atoms. The van der Waals surface area contributed by atoms with Crippen LogP contribution in [0.5, 0.6) is 0 Å². The molecule has 0 atom stereocenters. The summed E-state index contributed by atoms with van der Waals surface area (Å²) in [5, 5.41) is 3.85. The minimum absolute atomic E-state index is 0.0430. The molecule has 3 aromatic rings. The molecule has 1 aromatic heterocycles. The molecule has 0 aliphatic heterocycles. The van der Waals surface area contributed by atoms with Gasteiger partial charge in [0.15, 0.2) is 5.78 Å². The van der Waals surface area contributed by atoms with Gasteiger partial charge in [0.2, 0.25) is 5.91 Å². The highest BCUT2D eigenvalue weighted by atomic mass is 16.1. The van der Waals surface area contributed by atoms with Gasteiger partial charge >= 0.3 is 0 Å². The fourth-order valence-corrected chi connectivity index (χ4v) is 2.80. The molecule has 3 rings (SSSR count). The number of rotatable bonds is 5. The SMILES string of the molecule is CCc1ccc2c(ccn2CC(=O)c2ccc(NC(C)=O)cc2)c1. The van der Waals surface area contributed by atoms with Crippen molar-refractivity contribution in [3.63, 3.8) is 0 Å². The summed E-state index contributed by atoms with van der Waals surface area (Å²) < 4.78 is 1.97. The standard InChI is InChI=1S/C20H20N2O2/c1-3-15-4-9-19-17(12-15)10-11-22(19)13-20(24)16-5-7-18(8-6-16)21-14(2)23/h4-12H,3,13H2,1-2H3,(H,21,23). The Kier molecular flexibility index (Phi) is 4.47. The minimum atomic E-state index is -0.126. The van der Waals surface area contributed by atoms with Crippen molar-refractivity contribution in [1.29, 1.82) is 0 Å². The third-order valence-electron chi connectivity index (χ3n) is 4.08. The normalized spacial score (nSPS) is 10.8. The van der Waals surface area contributed by atoms with Crippen molar-refractivity contribution in [2.75, 3.05) is 5.32 Å². The van der Waals surface area contributed by atoms with Crippen LogP contribution in [0.2, 0.25) is 0 Å². The number of carbonyl (C=O) groups excluding carboxylic acids is 2.